The molecular weight excluding hydrogens is 310 g/mol. The second kappa shape index (κ2) is 7.13. The van der Waals surface area contributed by atoms with Crippen molar-refractivity contribution < 1.29 is 0 Å². The lowest BCUT2D eigenvalue weighted by molar-refractivity contribution is 1.16. The van der Waals surface area contributed by atoms with Crippen molar-refractivity contribution in [3.05, 3.63) is 70.9 Å². The highest BCUT2D eigenvalue weighted by Crippen LogP contribution is 2.25. The first-order valence-corrected chi connectivity index (χ1v) is 8.10. The van der Waals surface area contributed by atoms with Crippen molar-refractivity contribution in [2.24, 2.45) is 0 Å². The Labute approximate surface area is 147 Å². The number of anilines is 4. The van der Waals surface area contributed by atoms with E-state index in [1.165, 1.54) is 22.9 Å². The molecule has 1 aromatic heterocycles. The van der Waals surface area contributed by atoms with Crippen molar-refractivity contribution >= 4 is 29.4 Å². The summed E-state index contributed by atoms with van der Waals surface area (Å²) in [5.41, 5.74) is 6.43. The smallest absolute Gasteiger partial charge is 0.229 e. The van der Waals surface area contributed by atoms with Gasteiger partial charge in [0.25, 0.3) is 0 Å². The van der Waals surface area contributed by atoms with Crippen LogP contribution in [0.2, 0.25) is 0 Å². The average molecular weight is 331 g/mol. The topological polar surface area (TPSA) is 73.7 Å². The van der Waals surface area contributed by atoms with Crippen LogP contribution in [-0.4, -0.2) is 16.2 Å². The van der Waals surface area contributed by atoms with E-state index in [9.17, 15) is 0 Å². The maximum absolute atomic E-state index is 7.24. The summed E-state index contributed by atoms with van der Waals surface area (Å²) in [5.74, 6) is 1.26. The Morgan fingerprint density at radius 2 is 1.60 bits per heavy atom. The minimum absolute atomic E-state index is 0.523. The van der Waals surface area contributed by atoms with Gasteiger partial charge >= 0.3 is 0 Å². The second-order valence-corrected chi connectivity index (χ2v) is 6.06. The number of benzene rings is 2. The SMILES string of the molecule is Cc1cc(C)c(Nc2ccnc(Nc3ccc(C=N)cc3)n2)c(C)c1. The summed E-state index contributed by atoms with van der Waals surface area (Å²) in [6.45, 7) is 6.28. The van der Waals surface area contributed by atoms with Crippen LogP contribution in [-0.2, 0) is 0 Å². The van der Waals surface area contributed by atoms with E-state index in [0.717, 1.165) is 22.8 Å². The number of aryl methyl sites for hydroxylation is 3. The minimum atomic E-state index is 0.523. The van der Waals surface area contributed by atoms with Crippen LogP contribution < -0.4 is 10.6 Å². The molecule has 126 valence electrons. The van der Waals surface area contributed by atoms with Crippen LogP contribution in [0.5, 0.6) is 0 Å². The Bertz CT molecular complexity index is 877. The van der Waals surface area contributed by atoms with Gasteiger partial charge in [-0.1, -0.05) is 29.8 Å². The molecule has 0 aliphatic heterocycles. The zero-order chi connectivity index (χ0) is 17.8. The van der Waals surface area contributed by atoms with E-state index >= 15 is 0 Å². The van der Waals surface area contributed by atoms with Gasteiger partial charge in [-0.05, 0) is 55.7 Å². The lowest BCUT2D eigenvalue weighted by atomic mass is 10.1. The van der Waals surface area contributed by atoms with Crippen molar-refractivity contribution in [3.8, 4) is 0 Å². The van der Waals surface area contributed by atoms with Gasteiger partial charge in [-0.2, -0.15) is 4.98 Å². The molecule has 3 N–H and O–H groups in total. The van der Waals surface area contributed by atoms with Crippen LogP contribution in [0.4, 0.5) is 23.1 Å². The van der Waals surface area contributed by atoms with E-state index in [1.807, 2.05) is 30.3 Å². The predicted octanol–water partition coefficient (Wildman–Crippen LogP) is 4.89. The summed E-state index contributed by atoms with van der Waals surface area (Å²) in [6, 6.07) is 13.7. The third-order valence-corrected chi connectivity index (χ3v) is 3.92. The molecule has 0 spiro atoms. The first-order chi connectivity index (χ1) is 12.0. The largest absolute Gasteiger partial charge is 0.340 e. The summed E-state index contributed by atoms with van der Waals surface area (Å²) >= 11 is 0. The van der Waals surface area contributed by atoms with Gasteiger partial charge in [-0.25, -0.2) is 4.98 Å². The van der Waals surface area contributed by atoms with Crippen LogP contribution in [0.3, 0.4) is 0 Å². The van der Waals surface area contributed by atoms with Crippen molar-refractivity contribution in [2.75, 3.05) is 10.6 Å². The van der Waals surface area contributed by atoms with Gasteiger partial charge in [0.2, 0.25) is 5.95 Å². The van der Waals surface area contributed by atoms with Crippen LogP contribution in [0.15, 0.2) is 48.7 Å². The fourth-order valence-corrected chi connectivity index (χ4v) is 2.79. The van der Waals surface area contributed by atoms with E-state index in [-0.39, 0.29) is 0 Å². The van der Waals surface area contributed by atoms with Gasteiger partial charge in [-0.15, -0.1) is 0 Å². The standard InChI is InChI=1S/C20H21N5/c1-13-10-14(2)19(15(3)11-13)24-18-8-9-22-20(25-18)23-17-6-4-16(12-21)5-7-17/h4-12,21H,1-3H3,(H2,22,23,24,25). The molecule has 0 saturated heterocycles. The van der Waals surface area contributed by atoms with Gasteiger partial charge in [0.15, 0.2) is 0 Å². The van der Waals surface area contributed by atoms with Crippen molar-refractivity contribution in [1.29, 1.82) is 5.41 Å². The maximum Gasteiger partial charge on any atom is 0.229 e. The lowest BCUT2D eigenvalue weighted by Crippen LogP contribution is -2.02. The molecule has 0 radical (unpaired) electrons. The molecule has 3 aromatic rings. The molecule has 25 heavy (non-hydrogen) atoms. The highest BCUT2D eigenvalue weighted by Gasteiger charge is 2.06. The number of hydrogen-bond donors (Lipinski definition) is 3. The first kappa shape index (κ1) is 16.6. The molecule has 0 unspecified atom stereocenters. The Balaban J connectivity index is 1.80. The Hall–Kier alpha value is -3.21. The Kier molecular flexibility index (Phi) is 4.75. The number of nitrogens with zero attached hydrogens (tertiary/aromatic N) is 2. The molecule has 0 amide bonds. The number of nitrogens with one attached hydrogen (secondary N) is 3. The van der Waals surface area contributed by atoms with E-state index in [2.05, 4.69) is 53.5 Å². The molecule has 5 nitrogen and oxygen atoms in total. The fraction of sp³-hybridized carbons (Fsp3) is 0.150. The van der Waals surface area contributed by atoms with Crippen LogP contribution in [0, 0.1) is 26.2 Å². The molecule has 0 aliphatic carbocycles. The zero-order valence-corrected chi connectivity index (χ0v) is 14.6. The summed E-state index contributed by atoms with van der Waals surface area (Å²) in [4.78, 5) is 8.80. The van der Waals surface area contributed by atoms with Crippen molar-refractivity contribution in [3.63, 3.8) is 0 Å². The normalized spacial score (nSPS) is 10.4. The van der Waals surface area contributed by atoms with Gasteiger partial charge < -0.3 is 16.0 Å². The monoisotopic (exact) mass is 331 g/mol. The summed E-state index contributed by atoms with van der Waals surface area (Å²) in [6.07, 6.45) is 3.04. The van der Waals surface area contributed by atoms with E-state index in [1.54, 1.807) is 6.20 Å². The molecule has 0 fully saturated rings. The summed E-state index contributed by atoms with van der Waals surface area (Å²) in [5, 5.41) is 13.8. The second-order valence-electron chi connectivity index (χ2n) is 6.06. The van der Waals surface area contributed by atoms with Gasteiger partial charge in [0.05, 0.1) is 0 Å². The highest BCUT2D eigenvalue weighted by molar-refractivity contribution is 5.78. The molecule has 3 rings (SSSR count). The number of aromatic nitrogens is 2. The molecule has 0 atom stereocenters. The number of hydrogen-bond acceptors (Lipinski definition) is 5. The fourth-order valence-electron chi connectivity index (χ4n) is 2.79. The van der Waals surface area contributed by atoms with Crippen molar-refractivity contribution in [2.45, 2.75) is 20.8 Å². The molecule has 0 aliphatic rings. The third-order valence-electron chi connectivity index (χ3n) is 3.92. The maximum atomic E-state index is 7.24. The molecule has 2 aromatic carbocycles. The molecule has 0 saturated carbocycles. The van der Waals surface area contributed by atoms with Crippen LogP contribution in [0.1, 0.15) is 22.3 Å². The van der Waals surface area contributed by atoms with Gasteiger partial charge in [-0.3, -0.25) is 0 Å². The molecular formula is C20H21N5. The molecule has 0 bridgehead atoms. The van der Waals surface area contributed by atoms with Gasteiger partial charge in [0.1, 0.15) is 5.82 Å². The highest BCUT2D eigenvalue weighted by atomic mass is 15.1. The quantitative estimate of drug-likeness (QED) is 0.582. The average Bonchev–Trinajstić information content (AvgIpc) is 2.59. The molecule has 5 heteroatoms. The van der Waals surface area contributed by atoms with Crippen LogP contribution >= 0.6 is 0 Å². The number of rotatable bonds is 5. The third kappa shape index (κ3) is 4.01. The van der Waals surface area contributed by atoms with Crippen LogP contribution in [0.25, 0.3) is 0 Å². The van der Waals surface area contributed by atoms with E-state index in [4.69, 9.17) is 5.41 Å². The van der Waals surface area contributed by atoms with Gasteiger partial charge in [0, 0.05) is 23.8 Å². The Morgan fingerprint density at radius 3 is 2.24 bits per heavy atom. The summed E-state index contributed by atoms with van der Waals surface area (Å²) in [7, 11) is 0. The Morgan fingerprint density at radius 1 is 0.920 bits per heavy atom. The van der Waals surface area contributed by atoms with E-state index in [0.29, 0.717) is 5.95 Å². The zero-order valence-electron chi connectivity index (χ0n) is 14.6. The minimum Gasteiger partial charge on any atom is -0.340 e. The first-order valence-electron chi connectivity index (χ1n) is 8.10. The predicted molar refractivity (Wildman–Crippen MR) is 104 cm³/mol. The van der Waals surface area contributed by atoms with E-state index < -0.39 is 0 Å². The summed E-state index contributed by atoms with van der Waals surface area (Å²) < 4.78 is 0. The van der Waals surface area contributed by atoms with Crippen molar-refractivity contribution in [1.82, 2.24) is 9.97 Å². The lowest BCUT2D eigenvalue weighted by Gasteiger charge is -2.14. The molecule has 1 heterocycles.